The van der Waals surface area contributed by atoms with E-state index in [4.69, 9.17) is 21.1 Å². The summed E-state index contributed by atoms with van der Waals surface area (Å²) in [6.45, 7) is 0. The molecule has 4 rings (SSSR count). The van der Waals surface area contributed by atoms with E-state index >= 15 is 0 Å². The number of rotatable bonds is 4. The molecule has 0 saturated carbocycles. The zero-order chi connectivity index (χ0) is 19.1. The Morgan fingerprint density at radius 1 is 0.926 bits per heavy atom. The molecule has 2 aliphatic rings. The van der Waals surface area contributed by atoms with Crippen LogP contribution in [-0.4, -0.2) is 38.1 Å². The first-order valence-corrected chi connectivity index (χ1v) is 8.48. The van der Waals surface area contributed by atoms with Crippen LogP contribution >= 0.6 is 11.6 Å². The molecule has 0 aromatic heterocycles. The van der Waals surface area contributed by atoms with Crippen molar-refractivity contribution in [1.29, 1.82) is 0 Å². The molecule has 1 fully saturated rings. The van der Waals surface area contributed by atoms with E-state index in [0.717, 1.165) is 4.90 Å². The first kappa shape index (κ1) is 17.3. The molecule has 9 heteroatoms. The predicted octanol–water partition coefficient (Wildman–Crippen LogP) is 2.86. The minimum absolute atomic E-state index is 0.392. The number of carbonyl (C=O) groups excluding carboxylic acids is 2. The second-order valence-electron chi connectivity index (χ2n) is 5.97. The van der Waals surface area contributed by atoms with E-state index in [-0.39, 0.29) is 0 Å². The van der Waals surface area contributed by atoms with Crippen molar-refractivity contribution in [2.24, 2.45) is 10.3 Å². The van der Waals surface area contributed by atoms with Gasteiger partial charge in [-0.15, -0.1) is 0 Å². The number of methoxy groups -OCH3 is 2. The van der Waals surface area contributed by atoms with E-state index in [1.54, 1.807) is 42.5 Å². The zero-order valence-corrected chi connectivity index (χ0v) is 15.3. The lowest BCUT2D eigenvalue weighted by Gasteiger charge is -2.21. The molecule has 0 bridgehead atoms. The van der Waals surface area contributed by atoms with Crippen LogP contribution in [0.3, 0.4) is 0 Å². The smallest absolute Gasteiger partial charge is 0.263 e. The number of amides is 2. The molecule has 2 heterocycles. The third kappa shape index (κ3) is 2.69. The molecule has 2 atom stereocenters. The van der Waals surface area contributed by atoms with Gasteiger partial charge in [-0.1, -0.05) is 16.8 Å². The van der Waals surface area contributed by atoms with Crippen molar-refractivity contribution in [2.45, 2.75) is 12.1 Å². The fourth-order valence-electron chi connectivity index (χ4n) is 3.19. The molecule has 0 N–H and O–H groups in total. The number of ether oxygens (including phenoxy) is 2. The third-order valence-corrected chi connectivity index (χ3v) is 4.75. The van der Waals surface area contributed by atoms with E-state index in [0.29, 0.717) is 27.9 Å². The van der Waals surface area contributed by atoms with Gasteiger partial charge in [-0.25, -0.2) is 9.91 Å². The van der Waals surface area contributed by atoms with Gasteiger partial charge in [0.15, 0.2) is 23.6 Å². The molecule has 0 aliphatic carbocycles. The summed E-state index contributed by atoms with van der Waals surface area (Å²) >= 11 is 5.91. The minimum Gasteiger partial charge on any atom is -0.493 e. The lowest BCUT2D eigenvalue weighted by atomic mass is 10.1. The second-order valence-corrected chi connectivity index (χ2v) is 6.40. The fourth-order valence-corrected chi connectivity index (χ4v) is 3.31. The van der Waals surface area contributed by atoms with Crippen molar-refractivity contribution in [3.05, 3.63) is 47.5 Å². The molecule has 1 saturated heterocycles. The number of benzene rings is 2. The maximum absolute atomic E-state index is 13.0. The Kier molecular flexibility index (Phi) is 4.19. The molecule has 0 radical (unpaired) electrons. The van der Waals surface area contributed by atoms with Gasteiger partial charge < -0.3 is 9.47 Å². The molecule has 138 valence electrons. The van der Waals surface area contributed by atoms with E-state index in [2.05, 4.69) is 10.3 Å². The molecule has 2 amide bonds. The largest absolute Gasteiger partial charge is 0.493 e. The Labute approximate surface area is 159 Å². The van der Waals surface area contributed by atoms with Crippen LogP contribution in [0.2, 0.25) is 5.02 Å². The van der Waals surface area contributed by atoms with Gasteiger partial charge in [0.2, 0.25) is 0 Å². The molecule has 0 spiro atoms. The summed E-state index contributed by atoms with van der Waals surface area (Å²) in [4.78, 5) is 27.0. The van der Waals surface area contributed by atoms with Gasteiger partial charge in [0.05, 0.1) is 25.6 Å². The Bertz CT molecular complexity index is 947. The van der Waals surface area contributed by atoms with Crippen molar-refractivity contribution in [1.82, 2.24) is 0 Å². The molecule has 27 heavy (non-hydrogen) atoms. The molecule has 2 aliphatic heterocycles. The monoisotopic (exact) mass is 386 g/mol. The maximum atomic E-state index is 13.0. The first-order chi connectivity index (χ1) is 13.0. The summed E-state index contributed by atoms with van der Waals surface area (Å²) in [6.07, 6.45) is 0. The first-order valence-electron chi connectivity index (χ1n) is 8.10. The fraction of sp³-hybridized carbons (Fsp3) is 0.222. The second kappa shape index (κ2) is 6.55. The molecular weight excluding hydrogens is 372 g/mol. The summed E-state index contributed by atoms with van der Waals surface area (Å²) in [7, 11) is 3.00. The van der Waals surface area contributed by atoms with Crippen molar-refractivity contribution in [3.8, 4) is 11.5 Å². The third-order valence-electron chi connectivity index (χ3n) is 4.50. The predicted molar refractivity (Wildman–Crippen MR) is 98.4 cm³/mol. The van der Waals surface area contributed by atoms with Gasteiger partial charge in [-0.2, -0.15) is 5.11 Å². The lowest BCUT2D eigenvalue weighted by Crippen LogP contribution is -2.39. The Morgan fingerprint density at radius 2 is 1.59 bits per heavy atom. The maximum Gasteiger partial charge on any atom is 0.263 e. The summed E-state index contributed by atoms with van der Waals surface area (Å²) in [5.41, 5.74) is 1.02. The lowest BCUT2D eigenvalue weighted by molar-refractivity contribution is -0.121. The average molecular weight is 387 g/mol. The van der Waals surface area contributed by atoms with Crippen molar-refractivity contribution in [2.75, 3.05) is 24.1 Å². The molecular formula is C18H15ClN4O4. The summed E-state index contributed by atoms with van der Waals surface area (Å²) in [6, 6.07) is 9.96. The van der Waals surface area contributed by atoms with Gasteiger partial charge in [0, 0.05) is 11.1 Å². The highest BCUT2D eigenvalue weighted by atomic mass is 35.5. The highest BCUT2D eigenvalue weighted by Gasteiger charge is 2.55. The van der Waals surface area contributed by atoms with Crippen LogP contribution in [0.15, 0.2) is 52.8 Å². The molecule has 0 unspecified atom stereocenters. The van der Waals surface area contributed by atoms with Gasteiger partial charge in [-0.05, 0) is 36.4 Å². The highest BCUT2D eigenvalue weighted by Crippen LogP contribution is 2.38. The van der Waals surface area contributed by atoms with Crippen molar-refractivity contribution < 1.29 is 19.1 Å². The van der Waals surface area contributed by atoms with Crippen LogP contribution in [0.1, 0.15) is 0 Å². The minimum atomic E-state index is -0.888. The number of fused-ring (bicyclic) bond motifs is 1. The van der Waals surface area contributed by atoms with E-state index in [1.165, 1.54) is 19.2 Å². The summed E-state index contributed by atoms with van der Waals surface area (Å²) in [5.74, 6) is 0.0847. The molecule has 8 nitrogen and oxygen atoms in total. The average Bonchev–Trinajstić information content (AvgIpc) is 3.22. The number of carbonyl (C=O) groups is 2. The van der Waals surface area contributed by atoms with Crippen LogP contribution in [0.25, 0.3) is 0 Å². The summed E-state index contributed by atoms with van der Waals surface area (Å²) in [5, 5.41) is 10.0. The number of nitrogens with zero attached hydrogens (tertiary/aromatic N) is 4. The Morgan fingerprint density at radius 3 is 2.26 bits per heavy atom. The topological polar surface area (TPSA) is 83.8 Å². The van der Waals surface area contributed by atoms with Crippen molar-refractivity contribution >= 4 is 34.8 Å². The number of halogens is 1. The van der Waals surface area contributed by atoms with Gasteiger partial charge in [0.25, 0.3) is 11.8 Å². The number of anilines is 2. The molecule has 2 aromatic rings. The summed E-state index contributed by atoms with van der Waals surface area (Å²) < 4.78 is 10.5. The quantitative estimate of drug-likeness (QED) is 0.754. The normalized spacial score (nSPS) is 21.0. The number of hydrogen-bond acceptors (Lipinski definition) is 7. The van der Waals surface area contributed by atoms with Crippen LogP contribution < -0.4 is 19.4 Å². The van der Waals surface area contributed by atoms with E-state index in [9.17, 15) is 9.59 Å². The van der Waals surface area contributed by atoms with Gasteiger partial charge in [0.1, 0.15) is 0 Å². The van der Waals surface area contributed by atoms with Gasteiger partial charge in [-0.3, -0.25) is 9.59 Å². The van der Waals surface area contributed by atoms with E-state index < -0.39 is 23.9 Å². The van der Waals surface area contributed by atoms with Gasteiger partial charge >= 0.3 is 0 Å². The van der Waals surface area contributed by atoms with E-state index in [1.807, 2.05) is 0 Å². The van der Waals surface area contributed by atoms with Crippen molar-refractivity contribution in [3.63, 3.8) is 0 Å². The Hall–Kier alpha value is -3.13. The Balaban J connectivity index is 1.68. The number of imide groups is 1. The zero-order valence-electron chi connectivity index (χ0n) is 14.5. The van der Waals surface area contributed by atoms with Crippen LogP contribution in [0.4, 0.5) is 11.4 Å². The molecule has 2 aromatic carbocycles. The number of hydrogen-bond donors (Lipinski definition) is 0. The SMILES string of the molecule is COc1ccc(N2C(=O)[C@@H]3[C@@H](N=NN3c3ccc(Cl)cc3)C2=O)cc1OC. The highest BCUT2D eigenvalue weighted by molar-refractivity contribution is 6.30. The standard InChI is InChI=1S/C18H15ClN4O4/c1-26-13-8-7-12(9-14(13)27-2)22-17(24)15-16(18(22)25)23(21-20-15)11-5-3-10(19)4-6-11/h3-9,15-16H,1-2H3/t15-,16+/m1/s1. The van der Waals surface area contributed by atoms with Crippen LogP contribution in [-0.2, 0) is 9.59 Å². The van der Waals surface area contributed by atoms with Crippen LogP contribution in [0, 0.1) is 0 Å². The van der Waals surface area contributed by atoms with Crippen LogP contribution in [0.5, 0.6) is 11.5 Å².